The predicted molar refractivity (Wildman–Crippen MR) is 73.2 cm³/mol. The fourth-order valence-corrected chi connectivity index (χ4v) is 3.51. The van der Waals surface area contributed by atoms with Crippen LogP contribution in [-0.2, 0) is 11.2 Å². The molecule has 1 saturated carbocycles. The summed E-state index contributed by atoms with van der Waals surface area (Å²) in [6.45, 7) is 0.781. The molecule has 3 rings (SSSR count). The van der Waals surface area contributed by atoms with E-state index < -0.39 is 5.97 Å². The highest BCUT2D eigenvalue weighted by molar-refractivity contribution is 7.99. The summed E-state index contributed by atoms with van der Waals surface area (Å²) < 4.78 is 0. The van der Waals surface area contributed by atoms with Crippen molar-refractivity contribution in [2.75, 3.05) is 17.6 Å². The second kappa shape index (κ2) is 4.84. The van der Waals surface area contributed by atoms with E-state index in [0.717, 1.165) is 18.7 Å². The fraction of sp³-hybridized carbons (Fsp3) is 0.500. The highest BCUT2D eigenvalue weighted by Crippen LogP contribution is 2.39. The summed E-state index contributed by atoms with van der Waals surface area (Å²) in [6.07, 6.45) is 3.24. The van der Waals surface area contributed by atoms with E-state index >= 15 is 0 Å². The van der Waals surface area contributed by atoms with Crippen molar-refractivity contribution in [2.24, 2.45) is 11.8 Å². The molecule has 1 aliphatic heterocycles. The highest BCUT2D eigenvalue weighted by Gasteiger charge is 2.42. The predicted octanol–water partition coefficient (Wildman–Crippen LogP) is 2.86. The number of carboxylic acids is 1. The van der Waals surface area contributed by atoms with Crippen molar-refractivity contribution in [3.05, 3.63) is 23.8 Å². The zero-order chi connectivity index (χ0) is 12.5. The van der Waals surface area contributed by atoms with E-state index in [1.165, 1.54) is 29.1 Å². The summed E-state index contributed by atoms with van der Waals surface area (Å²) in [7, 11) is 0. The van der Waals surface area contributed by atoms with E-state index in [1.807, 2.05) is 11.8 Å². The number of benzene rings is 1. The molecule has 1 fully saturated rings. The highest BCUT2D eigenvalue weighted by atomic mass is 32.2. The van der Waals surface area contributed by atoms with Crippen LogP contribution in [0.1, 0.15) is 18.4 Å². The van der Waals surface area contributed by atoms with Gasteiger partial charge in [0, 0.05) is 17.1 Å². The molecule has 18 heavy (non-hydrogen) atoms. The molecule has 4 heteroatoms. The average Bonchev–Trinajstić information content (AvgIpc) is 3.16. The molecule has 0 spiro atoms. The molecule has 0 bridgehead atoms. The Morgan fingerprint density at radius 1 is 1.50 bits per heavy atom. The van der Waals surface area contributed by atoms with E-state index in [4.69, 9.17) is 5.11 Å². The lowest BCUT2D eigenvalue weighted by Crippen LogP contribution is -2.09. The third-order valence-electron chi connectivity index (χ3n) is 3.72. The number of aryl methyl sites for hydroxylation is 1. The quantitative estimate of drug-likeness (QED) is 0.877. The summed E-state index contributed by atoms with van der Waals surface area (Å²) in [4.78, 5) is 12.1. The molecule has 2 aliphatic rings. The largest absolute Gasteiger partial charge is 0.481 e. The first-order chi connectivity index (χ1) is 8.74. The minimum absolute atomic E-state index is 0.120. The SMILES string of the molecule is O=C(O)C1CC1CNc1ccc2c(c1)CCCS2. The number of carboxylic acid groups (broad SMARTS) is 1. The Labute approximate surface area is 111 Å². The fourth-order valence-electron chi connectivity index (χ4n) is 2.49. The molecule has 0 radical (unpaired) electrons. The molecule has 2 N–H and O–H groups in total. The van der Waals surface area contributed by atoms with Crippen molar-refractivity contribution in [1.82, 2.24) is 0 Å². The number of nitrogens with one attached hydrogen (secondary N) is 1. The molecule has 1 aromatic rings. The first-order valence-electron chi connectivity index (χ1n) is 6.46. The van der Waals surface area contributed by atoms with Crippen LogP contribution in [-0.4, -0.2) is 23.4 Å². The molecular formula is C14H17NO2S. The minimum Gasteiger partial charge on any atom is -0.481 e. The number of rotatable bonds is 4. The lowest BCUT2D eigenvalue weighted by atomic mass is 10.1. The molecule has 2 atom stereocenters. The zero-order valence-electron chi connectivity index (χ0n) is 10.2. The molecular weight excluding hydrogens is 246 g/mol. The van der Waals surface area contributed by atoms with E-state index in [-0.39, 0.29) is 5.92 Å². The summed E-state index contributed by atoms with van der Waals surface area (Å²) in [5.41, 5.74) is 2.56. The molecule has 0 amide bonds. The van der Waals surface area contributed by atoms with Crippen LogP contribution in [0.4, 0.5) is 5.69 Å². The van der Waals surface area contributed by atoms with Gasteiger partial charge >= 0.3 is 5.97 Å². The van der Waals surface area contributed by atoms with Gasteiger partial charge in [-0.2, -0.15) is 0 Å². The van der Waals surface area contributed by atoms with Gasteiger partial charge in [-0.3, -0.25) is 4.79 Å². The van der Waals surface area contributed by atoms with Crippen LogP contribution in [0.2, 0.25) is 0 Å². The third kappa shape index (κ3) is 2.48. The maximum atomic E-state index is 10.7. The maximum Gasteiger partial charge on any atom is 0.306 e. The van der Waals surface area contributed by atoms with Gasteiger partial charge in [0.1, 0.15) is 0 Å². The van der Waals surface area contributed by atoms with E-state index in [1.54, 1.807) is 0 Å². The molecule has 3 nitrogen and oxygen atoms in total. The monoisotopic (exact) mass is 263 g/mol. The lowest BCUT2D eigenvalue weighted by molar-refractivity contribution is -0.138. The summed E-state index contributed by atoms with van der Waals surface area (Å²) in [5, 5.41) is 12.2. The maximum absolute atomic E-state index is 10.7. The van der Waals surface area contributed by atoms with Crippen LogP contribution in [0.3, 0.4) is 0 Å². The molecule has 96 valence electrons. The van der Waals surface area contributed by atoms with Crippen molar-refractivity contribution < 1.29 is 9.90 Å². The van der Waals surface area contributed by atoms with Crippen molar-refractivity contribution >= 4 is 23.4 Å². The van der Waals surface area contributed by atoms with Crippen molar-refractivity contribution in [2.45, 2.75) is 24.2 Å². The molecule has 0 aromatic heterocycles. The Bertz CT molecular complexity index is 475. The first kappa shape index (κ1) is 11.9. The normalized spacial score (nSPS) is 25.3. The average molecular weight is 263 g/mol. The number of hydrogen-bond donors (Lipinski definition) is 2. The van der Waals surface area contributed by atoms with Gasteiger partial charge in [-0.25, -0.2) is 0 Å². The topological polar surface area (TPSA) is 49.3 Å². The Morgan fingerprint density at radius 3 is 3.17 bits per heavy atom. The molecule has 1 aliphatic carbocycles. The van der Waals surface area contributed by atoms with Crippen LogP contribution >= 0.6 is 11.8 Å². The second-order valence-electron chi connectivity index (χ2n) is 5.10. The van der Waals surface area contributed by atoms with Crippen molar-refractivity contribution in [3.63, 3.8) is 0 Å². The Kier molecular flexibility index (Phi) is 3.20. The number of fused-ring (bicyclic) bond motifs is 1. The van der Waals surface area contributed by atoms with Gasteiger partial charge < -0.3 is 10.4 Å². The molecule has 0 saturated heterocycles. The Hall–Kier alpha value is -1.16. The summed E-state index contributed by atoms with van der Waals surface area (Å²) in [6, 6.07) is 6.51. The number of carbonyl (C=O) groups is 1. The standard InChI is InChI=1S/C14H17NO2S/c16-14(17)12-7-10(12)8-15-11-3-4-13-9(6-11)2-1-5-18-13/h3-4,6,10,12,15H,1-2,5,7-8H2,(H,16,17). The molecule has 1 heterocycles. The van der Waals surface area contributed by atoms with Gasteiger partial charge in [0.25, 0.3) is 0 Å². The van der Waals surface area contributed by atoms with Crippen LogP contribution in [0.15, 0.2) is 23.1 Å². The summed E-state index contributed by atoms with van der Waals surface area (Å²) >= 11 is 1.93. The van der Waals surface area contributed by atoms with Gasteiger partial charge in [0.2, 0.25) is 0 Å². The van der Waals surface area contributed by atoms with Crippen molar-refractivity contribution in [1.29, 1.82) is 0 Å². The molecule has 1 aromatic carbocycles. The zero-order valence-corrected chi connectivity index (χ0v) is 11.0. The summed E-state index contributed by atoms with van der Waals surface area (Å²) in [5.74, 6) is 0.768. The minimum atomic E-state index is -0.649. The Balaban J connectivity index is 1.59. The number of thioether (sulfide) groups is 1. The van der Waals surface area contributed by atoms with Gasteiger partial charge in [-0.05, 0) is 54.7 Å². The van der Waals surface area contributed by atoms with E-state index in [2.05, 4.69) is 23.5 Å². The van der Waals surface area contributed by atoms with Gasteiger partial charge in [0.05, 0.1) is 5.92 Å². The van der Waals surface area contributed by atoms with Crippen LogP contribution in [0, 0.1) is 11.8 Å². The number of hydrogen-bond acceptors (Lipinski definition) is 3. The van der Waals surface area contributed by atoms with Crippen molar-refractivity contribution in [3.8, 4) is 0 Å². The van der Waals surface area contributed by atoms with E-state index in [0.29, 0.717) is 5.92 Å². The van der Waals surface area contributed by atoms with Gasteiger partial charge in [-0.15, -0.1) is 11.8 Å². The van der Waals surface area contributed by atoms with Crippen LogP contribution in [0.25, 0.3) is 0 Å². The van der Waals surface area contributed by atoms with Gasteiger partial charge in [0.15, 0.2) is 0 Å². The second-order valence-corrected chi connectivity index (χ2v) is 6.23. The number of anilines is 1. The van der Waals surface area contributed by atoms with Crippen LogP contribution in [0.5, 0.6) is 0 Å². The van der Waals surface area contributed by atoms with Crippen LogP contribution < -0.4 is 5.32 Å². The number of aliphatic carboxylic acids is 1. The lowest BCUT2D eigenvalue weighted by Gasteiger charge is -2.16. The first-order valence-corrected chi connectivity index (χ1v) is 7.45. The Morgan fingerprint density at radius 2 is 2.39 bits per heavy atom. The third-order valence-corrected chi connectivity index (χ3v) is 4.92. The molecule has 2 unspecified atom stereocenters. The smallest absolute Gasteiger partial charge is 0.306 e. The van der Waals surface area contributed by atoms with Gasteiger partial charge in [-0.1, -0.05) is 0 Å². The van der Waals surface area contributed by atoms with E-state index in [9.17, 15) is 4.79 Å².